The van der Waals surface area contributed by atoms with Crippen molar-refractivity contribution in [3.8, 4) is 40.3 Å². The van der Waals surface area contributed by atoms with Crippen LogP contribution in [0.25, 0.3) is 49.4 Å². The molecule has 0 saturated heterocycles. The molecule has 0 aliphatic carbocycles. The van der Waals surface area contributed by atoms with E-state index in [1.165, 1.54) is 11.1 Å². The van der Waals surface area contributed by atoms with E-state index in [9.17, 15) is 5.26 Å². The lowest BCUT2D eigenvalue weighted by molar-refractivity contribution is 0.484. The van der Waals surface area contributed by atoms with Gasteiger partial charge < -0.3 is 9.30 Å². The second kappa shape index (κ2) is 12.0. The van der Waals surface area contributed by atoms with Crippen molar-refractivity contribution in [2.24, 2.45) is 0 Å². The van der Waals surface area contributed by atoms with Crippen molar-refractivity contribution < 1.29 is 4.74 Å². The number of imidazole rings is 1. The minimum atomic E-state index is 0.349. The first-order valence-corrected chi connectivity index (χ1v) is 15.6. The zero-order valence-corrected chi connectivity index (χ0v) is 26.6. The maximum Gasteiger partial charge on any atom is 0.191 e. The van der Waals surface area contributed by atoms with Gasteiger partial charge in [0.15, 0.2) is 5.69 Å². The third-order valence-electron chi connectivity index (χ3n) is 8.48. The molecule has 7 aromatic rings. The number of ether oxygens (including phenoxy) is 1. The van der Waals surface area contributed by atoms with E-state index in [1.54, 1.807) is 12.3 Å². The Bertz CT molecular complexity index is 2340. The molecule has 0 radical (unpaired) electrons. The number of rotatable bonds is 7. The normalized spacial score (nSPS) is 11.3. The molecule has 0 N–H and O–H groups in total. The molecule has 47 heavy (non-hydrogen) atoms. The molecule has 3 heterocycles. The van der Waals surface area contributed by atoms with Gasteiger partial charge in [0.05, 0.1) is 46.9 Å². The molecule has 3 aromatic heterocycles. The van der Waals surface area contributed by atoms with E-state index in [4.69, 9.17) is 16.3 Å². The van der Waals surface area contributed by atoms with Crippen LogP contribution in [0.2, 0.25) is 0 Å². The molecule has 0 aliphatic heterocycles. The van der Waals surface area contributed by atoms with E-state index in [2.05, 4.69) is 66.4 Å². The Morgan fingerprint density at radius 1 is 0.787 bits per heavy atom. The van der Waals surface area contributed by atoms with Crippen molar-refractivity contribution in [2.75, 3.05) is 0 Å². The van der Waals surface area contributed by atoms with Gasteiger partial charge in [-0.15, -0.1) is 0 Å². The predicted octanol–water partition coefficient (Wildman–Crippen LogP) is 10.5. The Hall–Kier alpha value is -6.18. The second-order valence-electron chi connectivity index (χ2n) is 12.2. The second-order valence-corrected chi connectivity index (χ2v) is 12.2. The third-order valence-corrected chi connectivity index (χ3v) is 8.48. The SMILES string of the molecule is [C-]#[N+]c1cc(Oc2ccc3c4ccc(C#N)cc4n(-c4ccccn4)c3c2)cc(-c2cn(-c3c(C(C)C)cccc3C(C)C)cn2)c1. The van der Waals surface area contributed by atoms with Gasteiger partial charge in [0.25, 0.3) is 0 Å². The van der Waals surface area contributed by atoms with Gasteiger partial charge in [0.1, 0.15) is 17.3 Å². The van der Waals surface area contributed by atoms with E-state index in [1.807, 2.05) is 83.8 Å². The first kappa shape index (κ1) is 29.5. The molecule has 0 fully saturated rings. The summed E-state index contributed by atoms with van der Waals surface area (Å²) in [7, 11) is 0. The van der Waals surface area contributed by atoms with E-state index < -0.39 is 0 Å². The first-order valence-electron chi connectivity index (χ1n) is 15.6. The Morgan fingerprint density at radius 2 is 1.53 bits per heavy atom. The van der Waals surface area contributed by atoms with Crippen LogP contribution in [-0.4, -0.2) is 19.1 Å². The van der Waals surface area contributed by atoms with Crippen molar-refractivity contribution in [3.63, 3.8) is 0 Å². The molecule has 0 amide bonds. The van der Waals surface area contributed by atoms with Crippen LogP contribution in [0.5, 0.6) is 11.5 Å². The molecule has 4 aromatic carbocycles. The number of aromatic nitrogens is 4. The van der Waals surface area contributed by atoms with Gasteiger partial charge in [-0.3, -0.25) is 4.57 Å². The van der Waals surface area contributed by atoms with Gasteiger partial charge in [-0.2, -0.15) is 5.26 Å². The van der Waals surface area contributed by atoms with E-state index in [0.717, 1.165) is 44.6 Å². The highest BCUT2D eigenvalue weighted by molar-refractivity contribution is 6.09. The monoisotopic (exact) mass is 612 g/mol. The lowest BCUT2D eigenvalue weighted by Crippen LogP contribution is -2.05. The van der Waals surface area contributed by atoms with Gasteiger partial charge in [0, 0.05) is 29.2 Å². The van der Waals surface area contributed by atoms with Crippen molar-refractivity contribution in [1.82, 2.24) is 19.1 Å². The number of fused-ring (bicyclic) bond motifs is 3. The first-order chi connectivity index (χ1) is 22.8. The molecule has 0 bridgehead atoms. The molecular formula is C40H32N6O. The minimum Gasteiger partial charge on any atom is -0.459 e. The number of nitrogens with zero attached hydrogens (tertiary/aromatic N) is 6. The minimum absolute atomic E-state index is 0.349. The summed E-state index contributed by atoms with van der Waals surface area (Å²) >= 11 is 0. The van der Waals surface area contributed by atoms with Crippen LogP contribution in [0.15, 0.2) is 110 Å². The lowest BCUT2D eigenvalue weighted by atomic mass is 9.92. The highest BCUT2D eigenvalue weighted by Gasteiger charge is 2.18. The van der Waals surface area contributed by atoms with E-state index in [-0.39, 0.29) is 0 Å². The van der Waals surface area contributed by atoms with Crippen LogP contribution >= 0.6 is 0 Å². The topological polar surface area (TPSA) is 73.0 Å². The third kappa shape index (κ3) is 5.39. The Kier molecular flexibility index (Phi) is 7.52. The molecule has 0 spiro atoms. The fourth-order valence-corrected chi connectivity index (χ4v) is 6.26. The summed E-state index contributed by atoms with van der Waals surface area (Å²) in [6.07, 6.45) is 5.65. The lowest BCUT2D eigenvalue weighted by Gasteiger charge is -2.20. The number of para-hydroxylation sites is 1. The zero-order chi connectivity index (χ0) is 32.7. The quantitative estimate of drug-likeness (QED) is 0.168. The van der Waals surface area contributed by atoms with Crippen molar-refractivity contribution >= 4 is 27.5 Å². The molecule has 7 rings (SSSR count). The van der Waals surface area contributed by atoms with Crippen LogP contribution in [0.1, 0.15) is 56.2 Å². The number of hydrogen-bond donors (Lipinski definition) is 0. The molecule has 228 valence electrons. The standard InChI is InChI=1S/C40H32N6O/c1-25(2)32-9-8-10-33(26(3)4)40(32)45-23-36(44-24-45)28-18-29(42-5)20-31(19-28)47-30-13-15-35-34-14-12-27(22-41)17-37(34)46(38(35)21-30)39-11-6-7-16-43-39/h6-21,23-26H,1-4H3. The van der Waals surface area contributed by atoms with Gasteiger partial charge in [-0.05, 0) is 83.1 Å². The maximum absolute atomic E-state index is 9.59. The Balaban J connectivity index is 1.30. The summed E-state index contributed by atoms with van der Waals surface area (Å²) in [5, 5.41) is 11.6. The van der Waals surface area contributed by atoms with Crippen LogP contribution < -0.4 is 4.74 Å². The molecular weight excluding hydrogens is 580 g/mol. The molecule has 0 aliphatic rings. The summed E-state index contributed by atoms with van der Waals surface area (Å²) < 4.78 is 10.6. The van der Waals surface area contributed by atoms with Crippen molar-refractivity contribution in [1.29, 1.82) is 5.26 Å². The maximum atomic E-state index is 9.59. The van der Waals surface area contributed by atoms with E-state index >= 15 is 0 Å². The van der Waals surface area contributed by atoms with E-state index in [0.29, 0.717) is 34.6 Å². The van der Waals surface area contributed by atoms with Gasteiger partial charge in [-0.1, -0.05) is 58.0 Å². The summed E-state index contributed by atoms with van der Waals surface area (Å²) in [5.41, 5.74) is 8.08. The fraction of sp³-hybridized carbons (Fsp3) is 0.150. The molecule has 0 saturated carbocycles. The average Bonchev–Trinajstić information content (AvgIpc) is 3.71. The largest absolute Gasteiger partial charge is 0.459 e. The average molecular weight is 613 g/mol. The zero-order valence-electron chi connectivity index (χ0n) is 26.6. The number of benzene rings is 4. The summed E-state index contributed by atoms with van der Waals surface area (Å²) in [6.45, 7) is 16.6. The van der Waals surface area contributed by atoms with Gasteiger partial charge in [0.2, 0.25) is 0 Å². The van der Waals surface area contributed by atoms with Crippen LogP contribution in [0, 0.1) is 17.9 Å². The number of hydrogen-bond acceptors (Lipinski definition) is 4. The van der Waals surface area contributed by atoms with Crippen molar-refractivity contribution in [2.45, 2.75) is 39.5 Å². The molecule has 7 nitrogen and oxygen atoms in total. The summed E-state index contributed by atoms with van der Waals surface area (Å²) in [4.78, 5) is 13.1. The molecule has 0 atom stereocenters. The number of pyridine rings is 1. The predicted molar refractivity (Wildman–Crippen MR) is 187 cm³/mol. The summed E-state index contributed by atoms with van der Waals surface area (Å²) in [5.74, 6) is 2.60. The van der Waals surface area contributed by atoms with Crippen LogP contribution in [0.3, 0.4) is 0 Å². The van der Waals surface area contributed by atoms with Crippen LogP contribution in [-0.2, 0) is 0 Å². The summed E-state index contributed by atoms with van der Waals surface area (Å²) in [6, 6.07) is 31.7. The Labute approximate surface area is 273 Å². The molecule has 0 unspecified atom stereocenters. The number of nitriles is 1. The fourth-order valence-electron chi connectivity index (χ4n) is 6.26. The van der Waals surface area contributed by atoms with Crippen LogP contribution in [0.4, 0.5) is 5.69 Å². The highest BCUT2D eigenvalue weighted by atomic mass is 16.5. The van der Waals surface area contributed by atoms with Gasteiger partial charge >= 0.3 is 0 Å². The highest BCUT2D eigenvalue weighted by Crippen LogP contribution is 2.38. The van der Waals surface area contributed by atoms with Gasteiger partial charge in [-0.25, -0.2) is 14.8 Å². The Morgan fingerprint density at radius 3 is 2.21 bits per heavy atom. The smallest absolute Gasteiger partial charge is 0.191 e. The van der Waals surface area contributed by atoms with Crippen molar-refractivity contribution in [3.05, 3.63) is 138 Å². The molecule has 7 heteroatoms.